The minimum atomic E-state index is -0.0364. The molecule has 3 N–H and O–H groups in total. The van der Waals surface area contributed by atoms with E-state index in [1.54, 1.807) is 30.5 Å². The Morgan fingerprint density at radius 1 is 1.30 bits per heavy atom. The summed E-state index contributed by atoms with van der Waals surface area (Å²) in [5.74, 6) is 0.883. The lowest BCUT2D eigenvalue weighted by Crippen LogP contribution is -2.27. The molecule has 7 heteroatoms. The minimum Gasteiger partial charge on any atom is -0.456 e. The Bertz CT molecular complexity index is 748. The monoisotopic (exact) mass is 351 g/mol. The van der Waals surface area contributed by atoms with E-state index in [1.165, 1.54) is 0 Å². The maximum Gasteiger partial charge on any atom is 0.226 e. The molecule has 3 rings (SSSR count). The van der Waals surface area contributed by atoms with E-state index < -0.39 is 0 Å². The van der Waals surface area contributed by atoms with Gasteiger partial charge in [-0.3, -0.25) is 9.78 Å². The van der Waals surface area contributed by atoms with Gasteiger partial charge < -0.3 is 15.8 Å². The van der Waals surface area contributed by atoms with Crippen LogP contribution in [-0.2, 0) is 11.2 Å². The second-order valence-corrected chi connectivity index (χ2v) is 6.14. The van der Waals surface area contributed by atoms with Crippen molar-refractivity contribution in [3.05, 3.63) is 46.2 Å². The van der Waals surface area contributed by atoms with E-state index in [0.717, 1.165) is 12.8 Å². The van der Waals surface area contributed by atoms with Gasteiger partial charge in [0.15, 0.2) is 0 Å². The highest BCUT2D eigenvalue weighted by Crippen LogP contribution is 2.38. The van der Waals surface area contributed by atoms with E-state index in [2.05, 4.69) is 10.3 Å². The number of nitrogens with two attached hydrogens (primary N) is 1. The first-order valence-corrected chi connectivity index (χ1v) is 7.94. The van der Waals surface area contributed by atoms with Crippen LogP contribution >= 0.6 is 23.2 Å². The molecular formula is C16H15Cl2N3O2. The van der Waals surface area contributed by atoms with Crippen molar-refractivity contribution in [2.45, 2.75) is 25.3 Å². The van der Waals surface area contributed by atoms with Crippen LogP contribution in [0.4, 0.5) is 5.69 Å². The van der Waals surface area contributed by atoms with Gasteiger partial charge in [-0.2, -0.15) is 0 Å². The number of nitrogens with zero attached hydrogens (tertiary/aromatic N) is 1. The second kappa shape index (κ2) is 6.64. The third-order valence-corrected chi connectivity index (χ3v) is 4.26. The molecule has 5 nitrogen and oxygen atoms in total. The summed E-state index contributed by atoms with van der Waals surface area (Å²) in [5, 5.41) is 3.42. The summed E-state index contributed by atoms with van der Waals surface area (Å²) in [6.45, 7) is 0. The Morgan fingerprint density at radius 2 is 2.09 bits per heavy atom. The summed E-state index contributed by atoms with van der Waals surface area (Å²) in [6.07, 6.45) is 3.91. The normalized spacial score (nSPS) is 13.7. The van der Waals surface area contributed by atoms with Gasteiger partial charge in [-0.05, 0) is 31.0 Å². The van der Waals surface area contributed by atoms with Crippen LogP contribution in [0.15, 0.2) is 30.5 Å². The summed E-state index contributed by atoms with van der Waals surface area (Å²) in [6, 6.07) is 6.98. The Labute approximate surface area is 143 Å². The number of aromatic nitrogens is 1. The summed E-state index contributed by atoms with van der Waals surface area (Å²) in [7, 11) is 0. The summed E-state index contributed by atoms with van der Waals surface area (Å²) >= 11 is 12.1. The van der Waals surface area contributed by atoms with Crippen LogP contribution in [0, 0.1) is 0 Å². The van der Waals surface area contributed by atoms with Crippen molar-refractivity contribution in [1.29, 1.82) is 0 Å². The molecule has 0 bridgehead atoms. The first-order chi connectivity index (χ1) is 11.0. The maximum absolute atomic E-state index is 11.8. The molecule has 1 amide bonds. The third-order valence-electron chi connectivity index (χ3n) is 3.38. The number of anilines is 1. The topological polar surface area (TPSA) is 77.2 Å². The van der Waals surface area contributed by atoms with Crippen molar-refractivity contribution < 1.29 is 9.53 Å². The number of halogens is 2. The average Bonchev–Trinajstić information content (AvgIpc) is 3.32. The van der Waals surface area contributed by atoms with Crippen molar-refractivity contribution in [3.63, 3.8) is 0 Å². The van der Waals surface area contributed by atoms with Gasteiger partial charge in [-0.15, -0.1) is 0 Å². The first-order valence-electron chi connectivity index (χ1n) is 7.18. The highest BCUT2D eigenvalue weighted by atomic mass is 35.5. The number of benzene rings is 1. The van der Waals surface area contributed by atoms with E-state index in [0.29, 0.717) is 28.9 Å². The molecule has 1 aliphatic carbocycles. The quantitative estimate of drug-likeness (QED) is 0.807. The van der Waals surface area contributed by atoms with Gasteiger partial charge in [0, 0.05) is 18.3 Å². The van der Waals surface area contributed by atoms with Gasteiger partial charge in [0.2, 0.25) is 5.91 Å². The van der Waals surface area contributed by atoms with E-state index in [-0.39, 0.29) is 22.4 Å². The van der Waals surface area contributed by atoms with Crippen LogP contribution < -0.4 is 15.8 Å². The standard InChI is InChI=1S/C16H15Cl2N3O2/c17-15-12(19)3-4-13(16(15)18)23-11-5-6-20-10(7-11)8-14(22)21-9-1-2-9/h3-7,9H,1-2,8,19H2,(H,21,22). The molecule has 23 heavy (non-hydrogen) atoms. The van der Waals surface area contributed by atoms with Crippen molar-refractivity contribution in [2.75, 3.05) is 5.73 Å². The number of hydrogen-bond donors (Lipinski definition) is 2. The van der Waals surface area contributed by atoms with E-state index in [9.17, 15) is 4.79 Å². The van der Waals surface area contributed by atoms with Gasteiger partial charge in [0.05, 0.1) is 22.8 Å². The Balaban J connectivity index is 1.72. The lowest BCUT2D eigenvalue weighted by molar-refractivity contribution is -0.120. The summed E-state index contributed by atoms with van der Waals surface area (Å²) in [4.78, 5) is 16.0. The zero-order chi connectivity index (χ0) is 16.4. The Morgan fingerprint density at radius 3 is 2.83 bits per heavy atom. The fraction of sp³-hybridized carbons (Fsp3) is 0.250. The average molecular weight is 352 g/mol. The molecule has 0 spiro atoms. The Kier molecular flexibility index (Phi) is 4.59. The van der Waals surface area contributed by atoms with Crippen molar-refractivity contribution in [3.8, 4) is 11.5 Å². The maximum atomic E-state index is 11.8. The SMILES string of the molecule is Nc1ccc(Oc2ccnc(CC(=O)NC3CC3)c2)c(Cl)c1Cl. The fourth-order valence-corrected chi connectivity index (χ4v) is 2.41. The molecular weight excluding hydrogens is 337 g/mol. The molecule has 120 valence electrons. The van der Waals surface area contributed by atoms with Crippen molar-refractivity contribution in [1.82, 2.24) is 10.3 Å². The second-order valence-electron chi connectivity index (χ2n) is 5.38. The molecule has 1 heterocycles. The highest BCUT2D eigenvalue weighted by molar-refractivity contribution is 6.44. The molecule has 1 aliphatic rings. The van der Waals surface area contributed by atoms with Crippen LogP contribution in [0.1, 0.15) is 18.5 Å². The number of nitrogens with one attached hydrogen (secondary N) is 1. The lowest BCUT2D eigenvalue weighted by atomic mass is 10.2. The predicted molar refractivity (Wildman–Crippen MR) is 90.1 cm³/mol. The molecule has 2 aromatic rings. The largest absolute Gasteiger partial charge is 0.456 e. The number of rotatable bonds is 5. The van der Waals surface area contributed by atoms with Gasteiger partial charge >= 0.3 is 0 Å². The Hall–Kier alpha value is -1.98. The predicted octanol–water partition coefficient (Wildman–Crippen LogP) is 3.58. The number of hydrogen-bond acceptors (Lipinski definition) is 4. The van der Waals surface area contributed by atoms with E-state index >= 15 is 0 Å². The van der Waals surface area contributed by atoms with Crippen LogP contribution in [0.5, 0.6) is 11.5 Å². The van der Waals surface area contributed by atoms with Gasteiger partial charge in [-0.1, -0.05) is 23.2 Å². The molecule has 1 saturated carbocycles. The fourth-order valence-electron chi connectivity index (χ4n) is 2.04. The zero-order valence-electron chi connectivity index (χ0n) is 12.2. The van der Waals surface area contributed by atoms with E-state index in [4.69, 9.17) is 33.7 Å². The molecule has 1 aromatic carbocycles. The molecule has 0 aliphatic heterocycles. The van der Waals surface area contributed by atoms with Gasteiger partial charge in [0.1, 0.15) is 16.5 Å². The molecule has 0 radical (unpaired) electrons. The number of carbonyl (C=O) groups is 1. The van der Waals surface area contributed by atoms with Crippen LogP contribution in [0.2, 0.25) is 10.0 Å². The number of carbonyl (C=O) groups excluding carboxylic acids is 1. The number of amides is 1. The van der Waals surface area contributed by atoms with E-state index in [1.807, 2.05) is 0 Å². The van der Waals surface area contributed by atoms with Crippen LogP contribution in [-0.4, -0.2) is 16.9 Å². The molecule has 1 fully saturated rings. The third kappa shape index (κ3) is 4.06. The van der Waals surface area contributed by atoms with Gasteiger partial charge in [-0.25, -0.2) is 0 Å². The van der Waals surface area contributed by atoms with Crippen LogP contribution in [0.3, 0.4) is 0 Å². The van der Waals surface area contributed by atoms with Gasteiger partial charge in [0.25, 0.3) is 0 Å². The van der Waals surface area contributed by atoms with Crippen molar-refractivity contribution >= 4 is 34.8 Å². The molecule has 0 saturated heterocycles. The lowest BCUT2D eigenvalue weighted by Gasteiger charge is -2.10. The first kappa shape index (κ1) is 15.9. The molecule has 1 aromatic heterocycles. The number of pyridine rings is 1. The number of nitrogen functional groups attached to an aromatic ring is 1. The molecule has 0 unspecified atom stereocenters. The van der Waals surface area contributed by atoms with Crippen molar-refractivity contribution in [2.24, 2.45) is 0 Å². The highest BCUT2D eigenvalue weighted by Gasteiger charge is 2.23. The van der Waals surface area contributed by atoms with Crippen LogP contribution in [0.25, 0.3) is 0 Å². The smallest absolute Gasteiger partial charge is 0.226 e. The minimum absolute atomic E-state index is 0.0364. The molecule has 0 atom stereocenters. The number of ether oxygens (including phenoxy) is 1. The summed E-state index contributed by atoms with van der Waals surface area (Å²) in [5.41, 5.74) is 6.69. The summed E-state index contributed by atoms with van der Waals surface area (Å²) < 4.78 is 5.72. The zero-order valence-corrected chi connectivity index (χ0v) is 13.7.